The molecule has 2 atom stereocenters. The second-order valence-corrected chi connectivity index (χ2v) is 6.18. The molecule has 0 aliphatic carbocycles. The molecule has 2 fully saturated rings. The Labute approximate surface area is 104 Å². The van der Waals surface area contributed by atoms with Gasteiger partial charge >= 0.3 is 6.09 Å². The van der Waals surface area contributed by atoms with Crippen molar-refractivity contribution in [2.75, 3.05) is 19.6 Å². The number of carbonyl (C=O) groups excluding carboxylic acids is 1. The highest BCUT2D eigenvalue weighted by atomic mass is 16.6. The maximum absolute atomic E-state index is 12.0. The van der Waals surface area contributed by atoms with Crippen LogP contribution in [0.15, 0.2) is 0 Å². The van der Waals surface area contributed by atoms with E-state index in [0.29, 0.717) is 6.04 Å². The van der Waals surface area contributed by atoms with Crippen LogP contribution in [0.4, 0.5) is 4.79 Å². The number of carbonyl (C=O) groups is 1. The van der Waals surface area contributed by atoms with E-state index in [1.54, 1.807) is 0 Å². The van der Waals surface area contributed by atoms with E-state index in [9.17, 15) is 4.79 Å². The largest absolute Gasteiger partial charge is 0.444 e. The summed E-state index contributed by atoms with van der Waals surface area (Å²) in [5.74, 6) is 0.752. The van der Waals surface area contributed by atoms with Crippen LogP contribution in [-0.4, -0.2) is 42.3 Å². The minimum atomic E-state index is -0.395. The zero-order valence-electron chi connectivity index (χ0n) is 11.2. The summed E-state index contributed by atoms with van der Waals surface area (Å²) in [6, 6.07) is 0.477. The van der Waals surface area contributed by atoms with Gasteiger partial charge in [-0.25, -0.2) is 4.79 Å². The SMILES string of the molecule is CC(C)(C)OC(=O)N1CC[C@@H]2CCCN[C@H]2C1. The molecule has 0 spiro atoms. The van der Waals surface area contributed by atoms with Crippen LogP contribution in [0.25, 0.3) is 0 Å². The predicted octanol–water partition coefficient (Wildman–Crippen LogP) is 2.00. The lowest BCUT2D eigenvalue weighted by Crippen LogP contribution is -2.55. The average molecular weight is 240 g/mol. The van der Waals surface area contributed by atoms with E-state index in [1.165, 1.54) is 12.8 Å². The second kappa shape index (κ2) is 4.84. The van der Waals surface area contributed by atoms with Gasteiger partial charge in [-0.05, 0) is 52.5 Å². The maximum Gasteiger partial charge on any atom is 0.410 e. The highest BCUT2D eigenvalue weighted by Crippen LogP contribution is 2.26. The Hall–Kier alpha value is -0.770. The Morgan fingerprint density at radius 1 is 1.35 bits per heavy atom. The molecule has 1 amide bonds. The van der Waals surface area contributed by atoms with Gasteiger partial charge in [0.2, 0.25) is 0 Å². The van der Waals surface area contributed by atoms with E-state index in [0.717, 1.165) is 32.0 Å². The van der Waals surface area contributed by atoms with Crippen molar-refractivity contribution in [2.45, 2.75) is 51.7 Å². The van der Waals surface area contributed by atoms with Crippen molar-refractivity contribution in [3.05, 3.63) is 0 Å². The summed E-state index contributed by atoms with van der Waals surface area (Å²) in [5.41, 5.74) is -0.395. The standard InChI is InChI=1S/C13H24N2O2/c1-13(2,3)17-12(16)15-8-6-10-5-4-7-14-11(10)9-15/h10-11,14H,4-9H2,1-3H3/t10-,11-/m0/s1. The van der Waals surface area contributed by atoms with E-state index in [-0.39, 0.29) is 6.09 Å². The first kappa shape index (κ1) is 12.7. The fourth-order valence-corrected chi connectivity index (χ4v) is 2.72. The molecule has 0 aromatic rings. The lowest BCUT2D eigenvalue weighted by atomic mass is 9.85. The number of nitrogens with one attached hydrogen (secondary N) is 1. The first-order valence-corrected chi connectivity index (χ1v) is 6.67. The van der Waals surface area contributed by atoms with Gasteiger partial charge in [0.15, 0.2) is 0 Å². The minimum absolute atomic E-state index is 0.164. The molecular formula is C13H24N2O2. The highest BCUT2D eigenvalue weighted by Gasteiger charge is 2.34. The molecule has 2 heterocycles. The van der Waals surface area contributed by atoms with Gasteiger partial charge in [-0.3, -0.25) is 0 Å². The maximum atomic E-state index is 12.0. The molecule has 1 N–H and O–H groups in total. The van der Waals surface area contributed by atoms with Gasteiger partial charge in [-0.2, -0.15) is 0 Å². The quantitative estimate of drug-likeness (QED) is 0.704. The van der Waals surface area contributed by atoms with Crippen molar-refractivity contribution >= 4 is 6.09 Å². The Morgan fingerprint density at radius 3 is 2.82 bits per heavy atom. The zero-order chi connectivity index (χ0) is 12.5. The molecule has 2 rings (SSSR count). The highest BCUT2D eigenvalue weighted by molar-refractivity contribution is 5.68. The van der Waals surface area contributed by atoms with Crippen LogP contribution < -0.4 is 5.32 Å². The van der Waals surface area contributed by atoms with E-state index >= 15 is 0 Å². The third-order valence-corrected chi connectivity index (χ3v) is 3.57. The minimum Gasteiger partial charge on any atom is -0.444 e. The molecule has 2 saturated heterocycles. The third-order valence-electron chi connectivity index (χ3n) is 3.57. The lowest BCUT2D eigenvalue weighted by molar-refractivity contribution is 0.0116. The lowest BCUT2D eigenvalue weighted by Gasteiger charge is -2.41. The fourth-order valence-electron chi connectivity index (χ4n) is 2.72. The summed E-state index contributed by atoms with van der Waals surface area (Å²) in [7, 11) is 0. The van der Waals surface area contributed by atoms with Gasteiger partial charge in [-0.15, -0.1) is 0 Å². The number of amides is 1. The number of hydrogen-bond acceptors (Lipinski definition) is 3. The molecule has 0 aromatic carbocycles. The fraction of sp³-hybridized carbons (Fsp3) is 0.923. The predicted molar refractivity (Wildman–Crippen MR) is 66.9 cm³/mol. The molecule has 0 unspecified atom stereocenters. The molecule has 98 valence electrons. The van der Waals surface area contributed by atoms with E-state index in [1.807, 2.05) is 25.7 Å². The van der Waals surface area contributed by atoms with Crippen LogP contribution in [0.1, 0.15) is 40.0 Å². The molecule has 4 heteroatoms. The Kier molecular flexibility index (Phi) is 3.61. The Morgan fingerprint density at radius 2 is 2.12 bits per heavy atom. The van der Waals surface area contributed by atoms with Gasteiger partial charge in [0, 0.05) is 19.1 Å². The number of piperidine rings is 2. The van der Waals surface area contributed by atoms with Crippen LogP contribution in [0.5, 0.6) is 0 Å². The van der Waals surface area contributed by atoms with Gasteiger partial charge in [0.05, 0.1) is 0 Å². The summed E-state index contributed by atoms with van der Waals surface area (Å²) < 4.78 is 5.42. The topological polar surface area (TPSA) is 41.6 Å². The summed E-state index contributed by atoms with van der Waals surface area (Å²) in [6.07, 6.45) is 3.52. The smallest absolute Gasteiger partial charge is 0.410 e. The first-order valence-electron chi connectivity index (χ1n) is 6.67. The summed E-state index contributed by atoms with van der Waals surface area (Å²) in [5, 5.41) is 3.52. The number of fused-ring (bicyclic) bond motifs is 1. The molecule has 0 saturated carbocycles. The monoisotopic (exact) mass is 240 g/mol. The van der Waals surface area contributed by atoms with Gasteiger partial charge in [-0.1, -0.05) is 0 Å². The van der Waals surface area contributed by atoms with Gasteiger partial charge in [0.25, 0.3) is 0 Å². The number of rotatable bonds is 0. The first-order chi connectivity index (χ1) is 7.96. The zero-order valence-corrected chi connectivity index (χ0v) is 11.2. The Bertz CT molecular complexity index is 286. The van der Waals surface area contributed by atoms with Gasteiger partial charge in [0.1, 0.15) is 5.60 Å². The van der Waals surface area contributed by atoms with E-state index in [4.69, 9.17) is 4.74 Å². The number of nitrogens with zero attached hydrogens (tertiary/aromatic N) is 1. The van der Waals surface area contributed by atoms with Crippen molar-refractivity contribution in [3.8, 4) is 0 Å². The van der Waals surface area contributed by atoms with Crippen molar-refractivity contribution in [2.24, 2.45) is 5.92 Å². The van der Waals surface area contributed by atoms with Crippen LogP contribution >= 0.6 is 0 Å². The van der Waals surface area contributed by atoms with Gasteiger partial charge < -0.3 is 15.0 Å². The van der Waals surface area contributed by atoms with Crippen molar-refractivity contribution < 1.29 is 9.53 Å². The van der Waals surface area contributed by atoms with Crippen LogP contribution in [0.2, 0.25) is 0 Å². The van der Waals surface area contributed by atoms with Crippen LogP contribution in [-0.2, 0) is 4.74 Å². The van der Waals surface area contributed by atoms with E-state index < -0.39 is 5.60 Å². The molecule has 4 nitrogen and oxygen atoms in total. The molecule has 0 bridgehead atoms. The number of hydrogen-bond donors (Lipinski definition) is 1. The summed E-state index contributed by atoms with van der Waals surface area (Å²) in [6.45, 7) is 8.48. The second-order valence-electron chi connectivity index (χ2n) is 6.18. The van der Waals surface area contributed by atoms with E-state index in [2.05, 4.69) is 5.32 Å². The average Bonchev–Trinajstić information content (AvgIpc) is 2.26. The van der Waals surface area contributed by atoms with Crippen molar-refractivity contribution in [1.82, 2.24) is 10.2 Å². The number of ether oxygens (including phenoxy) is 1. The molecule has 2 aliphatic heterocycles. The molecule has 2 aliphatic rings. The third kappa shape index (κ3) is 3.35. The van der Waals surface area contributed by atoms with Crippen molar-refractivity contribution in [3.63, 3.8) is 0 Å². The molecule has 0 radical (unpaired) electrons. The summed E-state index contributed by atoms with van der Waals surface area (Å²) in [4.78, 5) is 13.8. The van der Waals surface area contributed by atoms with Crippen LogP contribution in [0, 0.1) is 5.92 Å². The van der Waals surface area contributed by atoms with Crippen molar-refractivity contribution in [1.29, 1.82) is 0 Å². The number of likely N-dealkylation sites (tertiary alicyclic amines) is 1. The Balaban J connectivity index is 1.89. The normalized spacial score (nSPS) is 29.7. The molecule has 0 aromatic heterocycles. The summed E-state index contributed by atoms with van der Waals surface area (Å²) >= 11 is 0. The van der Waals surface area contributed by atoms with Crippen LogP contribution in [0.3, 0.4) is 0 Å². The molecule has 17 heavy (non-hydrogen) atoms. The molecular weight excluding hydrogens is 216 g/mol.